The standard InChI is InChI=1S/C22H31ClN2O3S/c1-22(2,3)28-21(27)25-18(19(26)24(4)17-8-6-5-7-9-17)14-29-20(25)15-10-12-16(23)13-11-15/h10-13,17-18,20H,5-9,14H2,1-4H3. The van der Waals surface area contributed by atoms with Crippen molar-refractivity contribution in [2.75, 3.05) is 12.8 Å². The number of benzene rings is 1. The SMILES string of the molecule is CN(C(=O)C1CSC(c2ccc(Cl)cc2)N1C(=O)OC(C)(C)C)C1CCCCC1. The number of amides is 2. The van der Waals surface area contributed by atoms with Gasteiger partial charge in [0.25, 0.3) is 0 Å². The van der Waals surface area contributed by atoms with Crippen LogP contribution in [-0.2, 0) is 9.53 Å². The van der Waals surface area contributed by atoms with Gasteiger partial charge in [0.2, 0.25) is 5.91 Å². The predicted octanol–water partition coefficient (Wildman–Crippen LogP) is 5.48. The van der Waals surface area contributed by atoms with Crippen LogP contribution in [0.3, 0.4) is 0 Å². The number of halogens is 1. The van der Waals surface area contributed by atoms with E-state index in [1.54, 1.807) is 16.7 Å². The van der Waals surface area contributed by atoms with Gasteiger partial charge in [0, 0.05) is 23.9 Å². The number of likely N-dealkylation sites (N-methyl/N-ethyl adjacent to an activating group) is 1. The lowest BCUT2D eigenvalue weighted by molar-refractivity contribution is -0.137. The van der Waals surface area contributed by atoms with Crippen LogP contribution >= 0.6 is 23.4 Å². The normalized spacial score (nSPS) is 23.1. The van der Waals surface area contributed by atoms with Gasteiger partial charge in [0.1, 0.15) is 17.0 Å². The maximum Gasteiger partial charge on any atom is 0.412 e. The average Bonchev–Trinajstić information content (AvgIpc) is 3.12. The van der Waals surface area contributed by atoms with Crippen molar-refractivity contribution in [3.05, 3.63) is 34.9 Å². The van der Waals surface area contributed by atoms with E-state index in [2.05, 4.69) is 0 Å². The molecule has 2 fully saturated rings. The molecule has 1 aromatic carbocycles. The number of carbonyl (C=O) groups is 2. The fraction of sp³-hybridized carbons (Fsp3) is 0.636. The van der Waals surface area contributed by atoms with Crippen LogP contribution in [0, 0.1) is 0 Å². The summed E-state index contributed by atoms with van der Waals surface area (Å²) in [4.78, 5) is 30.0. The Morgan fingerprint density at radius 2 is 1.76 bits per heavy atom. The van der Waals surface area contributed by atoms with Crippen molar-refractivity contribution in [2.45, 2.75) is 75.9 Å². The molecule has 1 aliphatic carbocycles. The summed E-state index contributed by atoms with van der Waals surface area (Å²) in [5.41, 5.74) is 0.318. The van der Waals surface area contributed by atoms with Gasteiger partial charge in [-0.3, -0.25) is 9.69 Å². The van der Waals surface area contributed by atoms with Gasteiger partial charge in [-0.05, 0) is 51.3 Å². The van der Waals surface area contributed by atoms with E-state index in [0.29, 0.717) is 10.8 Å². The Morgan fingerprint density at radius 3 is 2.34 bits per heavy atom. The molecule has 0 bridgehead atoms. The Morgan fingerprint density at radius 1 is 1.14 bits per heavy atom. The lowest BCUT2D eigenvalue weighted by atomic mass is 9.94. The van der Waals surface area contributed by atoms with Crippen LogP contribution in [0.25, 0.3) is 0 Å². The summed E-state index contributed by atoms with van der Waals surface area (Å²) in [5, 5.41) is 0.376. The first kappa shape index (κ1) is 22.3. The van der Waals surface area contributed by atoms with Crippen molar-refractivity contribution < 1.29 is 14.3 Å². The second-order valence-corrected chi connectivity index (χ2v) is 10.4. The number of hydrogen-bond acceptors (Lipinski definition) is 4. The molecule has 0 radical (unpaired) electrons. The highest BCUT2D eigenvalue weighted by molar-refractivity contribution is 7.99. The Labute approximate surface area is 183 Å². The topological polar surface area (TPSA) is 49.9 Å². The lowest BCUT2D eigenvalue weighted by Crippen LogP contribution is -2.52. The van der Waals surface area contributed by atoms with Crippen LogP contribution in [0.2, 0.25) is 5.02 Å². The Hall–Kier alpha value is -1.40. The molecule has 5 nitrogen and oxygen atoms in total. The Bertz CT molecular complexity index is 729. The summed E-state index contributed by atoms with van der Waals surface area (Å²) in [6.45, 7) is 5.53. The fourth-order valence-electron chi connectivity index (χ4n) is 4.00. The first-order chi connectivity index (χ1) is 13.7. The minimum atomic E-state index is -0.627. The lowest BCUT2D eigenvalue weighted by Gasteiger charge is -2.36. The molecule has 1 saturated heterocycles. The van der Waals surface area contributed by atoms with E-state index in [4.69, 9.17) is 16.3 Å². The van der Waals surface area contributed by atoms with Crippen molar-refractivity contribution >= 4 is 35.4 Å². The zero-order valence-electron chi connectivity index (χ0n) is 17.7. The van der Waals surface area contributed by atoms with E-state index in [1.807, 2.05) is 57.0 Å². The second-order valence-electron chi connectivity index (χ2n) is 8.88. The summed E-state index contributed by atoms with van der Waals surface area (Å²) in [6.07, 6.45) is 5.18. The van der Waals surface area contributed by atoms with Gasteiger partial charge in [-0.25, -0.2) is 4.79 Å². The van der Waals surface area contributed by atoms with Crippen LogP contribution in [0.5, 0.6) is 0 Å². The minimum Gasteiger partial charge on any atom is -0.444 e. The van der Waals surface area contributed by atoms with Crippen LogP contribution < -0.4 is 0 Å². The van der Waals surface area contributed by atoms with Crippen molar-refractivity contribution in [2.24, 2.45) is 0 Å². The van der Waals surface area contributed by atoms with Gasteiger partial charge in [0.05, 0.1) is 0 Å². The molecule has 1 heterocycles. The number of ether oxygens (including phenoxy) is 1. The summed E-state index contributed by atoms with van der Waals surface area (Å²) in [7, 11) is 1.88. The van der Waals surface area contributed by atoms with E-state index in [9.17, 15) is 9.59 Å². The Kier molecular flexibility index (Phi) is 7.05. The molecular formula is C22H31ClN2O3S. The third kappa shape index (κ3) is 5.40. The average molecular weight is 439 g/mol. The first-order valence-electron chi connectivity index (χ1n) is 10.3. The van der Waals surface area contributed by atoms with Gasteiger partial charge in [0.15, 0.2) is 0 Å². The van der Waals surface area contributed by atoms with E-state index in [-0.39, 0.29) is 17.3 Å². The van der Waals surface area contributed by atoms with E-state index >= 15 is 0 Å². The molecule has 1 saturated carbocycles. The van der Waals surface area contributed by atoms with Crippen molar-refractivity contribution in [3.8, 4) is 0 Å². The molecule has 0 spiro atoms. The van der Waals surface area contributed by atoms with Crippen molar-refractivity contribution in [1.29, 1.82) is 0 Å². The van der Waals surface area contributed by atoms with Gasteiger partial charge >= 0.3 is 6.09 Å². The van der Waals surface area contributed by atoms with Crippen LogP contribution in [0.1, 0.15) is 63.8 Å². The van der Waals surface area contributed by atoms with Gasteiger partial charge < -0.3 is 9.64 Å². The molecule has 2 amide bonds. The van der Waals surface area contributed by atoms with Crippen LogP contribution in [-0.4, -0.2) is 52.3 Å². The molecule has 0 aromatic heterocycles. The minimum absolute atomic E-state index is 0.00622. The van der Waals surface area contributed by atoms with Crippen LogP contribution in [0.4, 0.5) is 4.79 Å². The van der Waals surface area contributed by atoms with Crippen molar-refractivity contribution in [3.63, 3.8) is 0 Å². The quantitative estimate of drug-likeness (QED) is 0.626. The highest BCUT2D eigenvalue weighted by Gasteiger charge is 2.45. The summed E-state index contributed by atoms with van der Waals surface area (Å²) in [5.74, 6) is 0.564. The second kappa shape index (κ2) is 9.17. The monoisotopic (exact) mass is 438 g/mol. The van der Waals surface area contributed by atoms with E-state index in [0.717, 1.165) is 31.2 Å². The zero-order valence-corrected chi connectivity index (χ0v) is 19.3. The number of hydrogen-bond donors (Lipinski definition) is 0. The predicted molar refractivity (Wildman–Crippen MR) is 118 cm³/mol. The molecule has 2 aliphatic rings. The highest BCUT2D eigenvalue weighted by atomic mass is 35.5. The molecule has 0 N–H and O–H groups in total. The molecule has 3 rings (SSSR count). The Balaban J connectivity index is 1.85. The number of rotatable bonds is 3. The molecule has 1 aliphatic heterocycles. The summed E-state index contributed by atoms with van der Waals surface area (Å²) >= 11 is 7.64. The van der Waals surface area contributed by atoms with Gasteiger partial charge in [-0.15, -0.1) is 11.8 Å². The molecule has 1 aromatic rings. The van der Waals surface area contributed by atoms with Crippen LogP contribution in [0.15, 0.2) is 24.3 Å². The largest absolute Gasteiger partial charge is 0.444 e. The number of carbonyl (C=O) groups excluding carboxylic acids is 2. The van der Waals surface area contributed by atoms with Gasteiger partial charge in [-0.1, -0.05) is 43.0 Å². The van der Waals surface area contributed by atoms with E-state index < -0.39 is 17.7 Å². The van der Waals surface area contributed by atoms with Gasteiger partial charge in [-0.2, -0.15) is 0 Å². The smallest absolute Gasteiger partial charge is 0.412 e. The third-order valence-electron chi connectivity index (χ3n) is 5.51. The summed E-state index contributed by atoms with van der Waals surface area (Å²) in [6, 6.07) is 7.19. The number of thioether (sulfide) groups is 1. The molecular weight excluding hydrogens is 408 g/mol. The highest BCUT2D eigenvalue weighted by Crippen LogP contribution is 2.43. The first-order valence-corrected chi connectivity index (χ1v) is 11.7. The molecule has 2 atom stereocenters. The summed E-state index contributed by atoms with van der Waals surface area (Å²) < 4.78 is 5.68. The maximum atomic E-state index is 13.4. The maximum absolute atomic E-state index is 13.4. The molecule has 29 heavy (non-hydrogen) atoms. The zero-order chi connectivity index (χ0) is 21.2. The fourth-order valence-corrected chi connectivity index (χ4v) is 5.54. The molecule has 160 valence electrons. The molecule has 2 unspecified atom stereocenters. The van der Waals surface area contributed by atoms with Crippen molar-refractivity contribution in [1.82, 2.24) is 9.80 Å². The molecule has 7 heteroatoms. The number of nitrogens with zero attached hydrogens (tertiary/aromatic N) is 2. The van der Waals surface area contributed by atoms with E-state index in [1.165, 1.54) is 6.42 Å². The third-order valence-corrected chi connectivity index (χ3v) is 7.09.